The van der Waals surface area contributed by atoms with Gasteiger partial charge in [0.05, 0.1) is 0 Å². The molecule has 0 aromatic carbocycles. The van der Waals surface area contributed by atoms with E-state index in [0.29, 0.717) is 11.5 Å². The first-order valence-electron chi connectivity index (χ1n) is 7.78. The number of hydrogen-bond donors (Lipinski definition) is 1. The Bertz CT molecular complexity index is 192. The minimum absolute atomic E-state index is 0.350. The van der Waals surface area contributed by atoms with Crippen LogP contribution in [0.3, 0.4) is 0 Å². The number of hydrogen-bond acceptors (Lipinski definition) is 2. The molecule has 2 heteroatoms. The van der Waals surface area contributed by atoms with Gasteiger partial charge in [0.25, 0.3) is 0 Å². The quantitative estimate of drug-likeness (QED) is 0.675. The summed E-state index contributed by atoms with van der Waals surface area (Å²) in [4.78, 5) is 2.62. The number of nitrogens with zero attached hydrogens (tertiary/aromatic N) is 1. The average Bonchev–Trinajstić information content (AvgIpc) is 2.32. The van der Waals surface area contributed by atoms with Crippen molar-refractivity contribution < 1.29 is 0 Å². The SMILES string of the molecule is CCC(CC)CN(CC)CCC(NC)C(C)(C)C. The van der Waals surface area contributed by atoms with E-state index in [1.165, 1.54) is 38.9 Å². The summed E-state index contributed by atoms with van der Waals surface area (Å²) in [6, 6.07) is 0.605. The van der Waals surface area contributed by atoms with Crippen molar-refractivity contribution in [3.63, 3.8) is 0 Å². The Morgan fingerprint density at radius 1 is 1.06 bits per heavy atom. The number of nitrogens with one attached hydrogen (secondary N) is 1. The van der Waals surface area contributed by atoms with Gasteiger partial charge in [0.2, 0.25) is 0 Å². The molecule has 0 aromatic heterocycles. The summed E-state index contributed by atoms with van der Waals surface area (Å²) in [7, 11) is 2.09. The normalized spacial score (nSPS) is 14.5. The molecular formula is C16H36N2. The highest BCUT2D eigenvalue weighted by Crippen LogP contribution is 2.22. The molecule has 0 saturated heterocycles. The fourth-order valence-corrected chi connectivity index (χ4v) is 2.61. The second-order valence-corrected chi connectivity index (χ2v) is 6.57. The smallest absolute Gasteiger partial charge is 0.0125 e. The van der Waals surface area contributed by atoms with Crippen molar-refractivity contribution in [3.8, 4) is 0 Å². The molecule has 2 nitrogen and oxygen atoms in total. The van der Waals surface area contributed by atoms with Crippen LogP contribution in [-0.4, -0.2) is 37.6 Å². The Labute approximate surface area is 116 Å². The van der Waals surface area contributed by atoms with Crippen LogP contribution in [0.4, 0.5) is 0 Å². The monoisotopic (exact) mass is 256 g/mol. The van der Waals surface area contributed by atoms with E-state index in [9.17, 15) is 0 Å². The molecule has 1 N–H and O–H groups in total. The molecule has 0 radical (unpaired) electrons. The van der Waals surface area contributed by atoms with Gasteiger partial charge in [-0.15, -0.1) is 0 Å². The highest BCUT2D eigenvalue weighted by molar-refractivity contribution is 4.80. The zero-order chi connectivity index (χ0) is 14.2. The van der Waals surface area contributed by atoms with E-state index in [2.05, 4.69) is 58.8 Å². The zero-order valence-corrected chi connectivity index (χ0v) is 13.8. The minimum Gasteiger partial charge on any atom is -0.316 e. The zero-order valence-electron chi connectivity index (χ0n) is 13.8. The van der Waals surface area contributed by atoms with E-state index < -0.39 is 0 Å². The van der Waals surface area contributed by atoms with Gasteiger partial charge in [-0.05, 0) is 37.9 Å². The van der Waals surface area contributed by atoms with Crippen molar-refractivity contribution in [3.05, 3.63) is 0 Å². The lowest BCUT2D eigenvalue weighted by Crippen LogP contribution is -2.41. The van der Waals surface area contributed by atoms with E-state index in [-0.39, 0.29) is 0 Å². The van der Waals surface area contributed by atoms with E-state index in [1.54, 1.807) is 0 Å². The van der Waals surface area contributed by atoms with Crippen molar-refractivity contribution in [2.45, 2.75) is 66.8 Å². The Balaban J connectivity index is 4.21. The highest BCUT2D eigenvalue weighted by Gasteiger charge is 2.23. The van der Waals surface area contributed by atoms with Gasteiger partial charge in [-0.1, -0.05) is 54.4 Å². The molecule has 0 bridgehead atoms. The van der Waals surface area contributed by atoms with Crippen LogP contribution in [0.5, 0.6) is 0 Å². The third-order valence-corrected chi connectivity index (χ3v) is 4.25. The molecule has 0 saturated carbocycles. The average molecular weight is 256 g/mol. The molecule has 0 aromatic rings. The first-order valence-corrected chi connectivity index (χ1v) is 7.78. The summed E-state index contributed by atoms with van der Waals surface area (Å²) >= 11 is 0. The van der Waals surface area contributed by atoms with Crippen LogP contribution >= 0.6 is 0 Å². The van der Waals surface area contributed by atoms with Crippen LogP contribution in [0, 0.1) is 11.3 Å². The van der Waals surface area contributed by atoms with Crippen LogP contribution in [-0.2, 0) is 0 Å². The maximum Gasteiger partial charge on any atom is 0.0125 e. The maximum atomic E-state index is 3.48. The Morgan fingerprint density at radius 2 is 1.61 bits per heavy atom. The summed E-state index contributed by atoms with van der Waals surface area (Å²) < 4.78 is 0. The summed E-state index contributed by atoms with van der Waals surface area (Å²) in [5.74, 6) is 0.868. The van der Waals surface area contributed by atoms with Crippen LogP contribution in [0.1, 0.15) is 60.8 Å². The van der Waals surface area contributed by atoms with Gasteiger partial charge in [0.15, 0.2) is 0 Å². The maximum absolute atomic E-state index is 3.48. The predicted octanol–water partition coefficient (Wildman–Crippen LogP) is 3.77. The molecule has 18 heavy (non-hydrogen) atoms. The lowest BCUT2D eigenvalue weighted by Gasteiger charge is -2.33. The largest absolute Gasteiger partial charge is 0.316 e. The summed E-state index contributed by atoms with van der Waals surface area (Å²) in [6.45, 7) is 17.5. The van der Waals surface area contributed by atoms with E-state index >= 15 is 0 Å². The van der Waals surface area contributed by atoms with Crippen molar-refractivity contribution in [2.24, 2.45) is 11.3 Å². The molecule has 110 valence electrons. The van der Waals surface area contributed by atoms with Crippen molar-refractivity contribution in [2.75, 3.05) is 26.7 Å². The highest BCUT2D eigenvalue weighted by atomic mass is 15.1. The Kier molecular flexibility index (Phi) is 8.89. The van der Waals surface area contributed by atoms with Gasteiger partial charge in [0, 0.05) is 12.6 Å². The molecule has 0 aliphatic heterocycles. The first kappa shape index (κ1) is 17.9. The second kappa shape index (κ2) is 8.92. The van der Waals surface area contributed by atoms with Crippen LogP contribution in [0.2, 0.25) is 0 Å². The summed E-state index contributed by atoms with van der Waals surface area (Å²) in [5.41, 5.74) is 0.350. The molecule has 0 aliphatic rings. The van der Waals surface area contributed by atoms with E-state index in [4.69, 9.17) is 0 Å². The van der Waals surface area contributed by atoms with E-state index in [1.807, 2.05) is 0 Å². The topological polar surface area (TPSA) is 15.3 Å². The lowest BCUT2D eigenvalue weighted by atomic mass is 9.85. The van der Waals surface area contributed by atoms with Gasteiger partial charge in [-0.25, -0.2) is 0 Å². The van der Waals surface area contributed by atoms with E-state index in [0.717, 1.165) is 5.92 Å². The molecule has 0 fully saturated rings. The molecule has 0 spiro atoms. The molecule has 0 rings (SSSR count). The molecule has 0 amide bonds. The van der Waals surface area contributed by atoms with Crippen LogP contribution in [0.15, 0.2) is 0 Å². The lowest BCUT2D eigenvalue weighted by molar-refractivity contribution is 0.192. The molecular weight excluding hydrogens is 220 g/mol. The third-order valence-electron chi connectivity index (χ3n) is 4.25. The van der Waals surface area contributed by atoms with Gasteiger partial charge in [0.1, 0.15) is 0 Å². The fraction of sp³-hybridized carbons (Fsp3) is 1.00. The minimum atomic E-state index is 0.350. The third kappa shape index (κ3) is 6.75. The Morgan fingerprint density at radius 3 is 1.94 bits per heavy atom. The Hall–Kier alpha value is -0.0800. The van der Waals surface area contributed by atoms with Crippen molar-refractivity contribution in [1.82, 2.24) is 10.2 Å². The molecule has 0 aliphatic carbocycles. The van der Waals surface area contributed by atoms with Crippen LogP contribution in [0.25, 0.3) is 0 Å². The fourth-order valence-electron chi connectivity index (χ4n) is 2.61. The summed E-state index contributed by atoms with van der Waals surface area (Å²) in [6.07, 6.45) is 3.86. The van der Waals surface area contributed by atoms with Gasteiger partial charge < -0.3 is 10.2 Å². The second-order valence-electron chi connectivity index (χ2n) is 6.57. The van der Waals surface area contributed by atoms with Crippen LogP contribution < -0.4 is 5.32 Å². The number of rotatable bonds is 9. The standard InChI is InChI=1S/C16H36N2/c1-8-14(9-2)13-18(10-3)12-11-15(17-7)16(4,5)6/h14-15,17H,8-13H2,1-7H3. The predicted molar refractivity (Wildman–Crippen MR) is 83.1 cm³/mol. The molecule has 1 atom stereocenters. The van der Waals surface area contributed by atoms with Crippen molar-refractivity contribution in [1.29, 1.82) is 0 Å². The summed E-state index contributed by atoms with van der Waals surface area (Å²) in [5, 5.41) is 3.48. The van der Waals surface area contributed by atoms with Gasteiger partial charge >= 0.3 is 0 Å². The molecule has 0 heterocycles. The van der Waals surface area contributed by atoms with Gasteiger partial charge in [-0.3, -0.25) is 0 Å². The van der Waals surface area contributed by atoms with Crippen molar-refractivity contribution >= 4 is 0 Å². The first-order chi connectivity index (χ1) is 8.38. The molecule has 1 unspecified atom stereocenters. The van der Waals surface area contributed by atoms with Gasteiger partial charge in [-0.2, -0.15) is 0 Å².